The molecule has 0 bridgehead atoms. The summed E-state index contributed by atoms with van der Waals surface area (Å²) >= 11 is 0. The Kier molecular flexibility index (Phi) is 5.04. The van der Waals surface area contributed by atoms with Crippen LogP contribution in [0.25, 0.3) is 22.0 Å². The molecule has 0 fully saturated rings. The number of nitrogens with two attached hydrogens (primary N) is 1. The van der Waals surface area contributed by atoms with Crippen molar-refractivity contribution in [1.29, 1.82) is 0 Å². The van der Waals surface area contributed by atoms with Crippen LogP contribution in [0.3, 0.4) is 0 Å². The molecule has 5 nitrogen and oxygen atoms in total. The van der Waals surface area contributed by atoms with Gasteiger partial charge in [0.05, 0.1) is 6.54 Å². The molecule has 0 aliphatic rings. The summed E-state index contributed by atoms with van der Waals surface area (Å²) in [5.74, 6) is -0.197. The fraction of sp³-hybridized carbons (Fsp3) is 0.200. The predicted molar refractivity (Wildman–Crippen MR) is 121 cm³/mol. The molecule has 2 aromatic heterocycles. The van der Waals surface area contributed by atoms with Gasteiger partial charge in [-0.1, -0.05) is 44.2 Å². The fourth-order valence-electron chi connectivity index (χ4n) is 3.91. The van der Waals surface area contributed by atoms with Crippen LogP contribution < -0.4 is 11.3 Å². The summed E-state index contributed by atoms with van der Waals surface area (Å²) in [5, 5.41) is 0.803. The number of primary amides is 1. The van der Waals surface area contributed by atoms with Crippen molar-refractivity contribution in [2.24, 2.45) is 5.73 Å². The highest BCUT2D eigenvalue weighted by Crippen LogP contribution is 2.28. The zero-order chi connectivity index (χ0) is 21.4. The fourth-order valence-corrected chi connectivity index (χ4v) is 3.91. The highest BCUT2D eigenvalue weighted by Gasteiger charge is 2.16. The van der Waals surface area contributed by atoms with Gasteiger partial charge in [0.1, 0.15) is 0 Å². The number of aromatic nitrogens is 2. The van der Waals surface area contributed by atoms with E-state index in [4.69, 9.17) is 5.73 Å². The molecule has 2 aromatic carbocycles. The van der Waals surface area contributed by atoms with Crippen LogP contribution in [0.5, 0.6) is 0 Å². The molecule has 0 saturated heterocycles. The van der Waals surface area contributed by atoms with Crippen LogP contribution in [0, 0.1) is 6.92 Å². The minimum absolute atomic E-state index is 0.106. The van der Waals surface area contributed by atoms with Crippen molar-refractivity contribution in [3.8, 4) is 11.1 Å². The van der Waals surface area contributed by atoms with E-state index in [1.54, 1.807) is 0 Å². The molecule has 152 valence electrons. The summed E-state index contributed by atoms with van der Waals surface area (Å²) < 4.78 is 2.01. The monoisotopic (exact) mass is 399 g/mol. The van der Waals surface area contributed by atoms with E-state index in [0.717, 1.165) is 33.3 Å². The Bertz CT molecular complexity index is 1300. The van der Waals surface area contributed by atoms with Gasteiger partial charge in [0, 0.05) is 33.9 Å². The van der Waals surface area contributed by atoms with E-state index in [0.29, 0.717) is 17.7 Å². The molecule has 2 heterocycles. The minimum Gasteiger partial charge on any atom is -0.366 e. The predicted octanol–water partition coefficient (Wildman–Crippen LogP) is 4.58. The molecule has 0 radical (unpaired) electrons. The maximum atomic E-state index is 12.9. The highest BCUT2D eigenvalue weighted by molar-refractivity contribution is 6.06. The molecule has 5 heteroatoms. The van der Waals surface area contributed by atoms with E-state index in [9.17, 15) is 9.59 Å². The molecule has 0 aliphatic carbocycles. The Morgan fingerprint density at radius 3 is 2.50 bits per heavy atom. The van der Waals surface area contributed by atoms with E-state index in [-0.39, 0.29) is 11.5 Å². The first kappa shape index (κ1) is 19.7. The molecule has 0 unspecified atom stereocenters. The molecule has 4 aromatic rings. The Morgan fingerprint density at radius 1 is 1.10 bits per heavy atom. The lowest BCUT2D eigenvalue weighted by atomic mass is 9.97. The SMILES string of the molecule is Cc1cc(-c2ccccc2)c(Cn2ccc3c(C(N)=O)cc(C(C)C)cc32)c(=O)[nH]1. The third-order valence-electron chi connectivity index (χ3n) is 5.53. The molecule has 0 aliphatic heterocycles. The third-order valence-corrected chi connectivity index (χ3v) is 5.53. The number of rotatable bonds is 5. The third kappa shape index (κ3) is 3.54. The molecule has 0 saturated carbocycles. The van der Waals surface area contributed by atoms with Crippen LogP contribution in [0.15, 0.2) is 65.6 Å². The van der Waals surface area contributed by atoms with Crippen molar-refractivity contribution in [2.45, 2.75) is 33.2 Å². The highest BCUT2D eigenvalue weighted by atomic mass is 16.1. The number of pyridine rings is 1. The van der Waals surface area contributed by atoms with E-state index in [2.05, 4.69) is 24.9 Å². The molecule has 4 rings (SSSR count). The minimum atomic E-state index is -0.446. The van der Waals surface area contributed by atoms with Gasteiger partial charge in [0.2, 0.25) is 5.91 Å². The average Bonchev–Trinajstić information content (AvgIpc) is 3.12. The maximum absolute atomic E-state index is 12.9. The van der Waals surface area contributed by atoms with Gasteiger partial charge in [-0.05, 0) is 53.8 Å². The second kappa shape index (κ2) is 7.67. The number of benzene rings is 2. The second-order valence-electron chi connectivity index (χ2n) is 8.00. The van der Waals surface area contributed by atoms with Gasteiger partial charge in [0.15, 0.2) is 0 Å². The van der Waals surface area contributed by atoms with Crippen LogP contribution in [-0.4, -0.2) is 15.5 Å². The van der Waals surface area contributed by atoms with Gasteiger partial charge in [-0.25, -0.2) is 0 Å². The van der Waals surface area contributed by atoms with Crippen LogP contribution in [0.2, 0.25) is 0 Å². The number of amides is 1. The maximum Gasteiger partial charge on any atom is 0.253 e. The van der Waals surface area contributed by atoms with Crippen molar-refractivity contribution in [3.05, 3.63) is 93.5 Å². The number of aryl methyl sites for hydroxylation is 1. The Morgan fingerprint density at radius 2 is 1.83 bits per heavy atom. The standard InChI is InChI=1S/C25H25N3O2/c1-15(2)18-12-21(24(26)29)19-9-10-28(23(19)13-18)14-22-20(11-16(3)27-25(22)30)17-7-5-4-6-8-17/h4-13,15H,14H2,1-3H3,(H2,26,29)(H,27,30). The first-order valence-corrected chi connectivity index (χ1v) is 10.1. The lowest BCUT2D eigenvalue weighted by Crippen LogP contribution is -2.18. The summed E-state index contributed by atoms with van der Waals surface area (Å²) in [5.41, 5.74) is 11.4. The lowest BCUT2D eigenvalue weighted by molar-refractivity contribution is 0.100. The topological polar surface area (TPSA) is 80.9 Å². The number of nitrogens with zero attached hydrogens (tertiary/aromatic N) is 1. The van der Waals surface area contributed by atoms with Gasteiger partial charge in [-0.2, -0.15) is 0 Å². The van der Waals surface area contributed by atoms with Crippen LogP contribution in [0.4, 0.5) is 0 Å². The number of H-pyrrole nitrogens is 1. The summed E-state index contributed by atoms with van der Waals surface area (Å²) in [6, 6.07) is 17.8. The van der Waals surface area contributed by atoms with Crippen LogP contribution >= 0.6 is 0 Å². The summed E-state index contributed by atoms with van der Waals surface area (Å²) in [6.07, 6.45) is 1.91. The number of aromatic amines is 1. The van der Waals surface area contributed by atoms with E-state index in [1.165, 1.54) is 0 Å². The van der Waals surface area contributed by atoms with Crippen molar-refractivity contribution in [2.75, 3.05) is 0 Å². The van der Waals surface area contributed by atoms with Crippen LogP contribution in [-0.2, 0) is 6.54 Å². The Labute approximate surface area is 175 Å². The zero-order valence-corrected chi connectivity index (χ0v) is 17.4. The molecule has 0 atom stereocenters. The zero-order valence-electron chi connectivity index (χ0n) is 17.4. The summed E-state index contributed by atoms with van der Waals surface area (Å²) in [6.45, 7) is 6.44. The first-order chi connectivity index (χ1) is 14.3. The number of fused-ring (bicyclic) bond motifs is 1. The molecule has 3 N–H and O–H groups in total. The Hall–Kier alpha value is -3.60. The molecular weight excluding hydrogens is 374 g/mol. The average molecular weight is 399 g/mol. The largest absolute Gasteiger partial charge is 0.366 e. The van der Waals surface area contributed by atoms with Crippen molar-refractivity contribution >= 4 is 16.8 Å². The van der Waals surface area contributed by atoms with Gasteiger partial charge in [-0.3, -0.25) is 9.59 Å². The number of carbonyl (C=O) groups excluding carboxylic acids is 1. The normalized spacial score (nSPS) is 11.3. The van der Waals surface area contributed by atoms with Gasteiger partial charge in [0.25, 0.3) is 5.56 Å². The molecule has 1 amide bonds. The van der Waals surface area contributed by atoms with E-state index in [1.807, 2.05) is 66.2 Å². The second-order valence-corrected chi connectivity index (χ2v) is 8.00. The molecule has 30 heavy (non-hydrogen) atoms. The van der Waals surface area contributed by atoms with Gasteiger partial charge >= 0.3 is 0 Å². The number of hydrogen-bond donors (Lipinski definition) is 2. The quantitative estimate of drug-likeness (QED) is 0.515. The van der Waals surface area contributed by atoms with Crippen molar-refractivity contribution in [3.63, 3.8) is 0 Å². The van der Waals surface area contributed by atoms with E-state index >= 15 is 0 Å². The van der Waals surface area contributed by atoms with Gasteiger partial charge in [-0.15, -0.1) is 0 Å². The first-order valence-electron chi connectivity index (χ1n) is 10.1. The number of hydrogen-bond acceptors (Lipinski definition) is 2. The van der Waals surface area contributed by atoms with Gasteiger partial charge < -0.3 is 15.3 Å². The number of carbonyl (C=O) groups is 1. The lowest BCUT2D eigenvalue weighted by Gasteiger charge is -2.14. The molecule has 0 spiro atoms. The van der Waals surface area contributed by atoms with Crippen molar-refractivity contribution in [1.82, 2.24) is 9.55 Å². The Balaban J connectivity index is 1.90. The number of nitrogens with one attached hydrogen (secondary N) is 1. The smallest absolute Gasteiger partial charge is 0.253 e. The van der Waals surface area contributed by atoms with Crippen LogP contribution in [0.1, 0.15) is 46.9 Å². The summed E-state index contributed by atoms with van der Waals surface area (Å²) in [7, 11) is 0. The molecular formula is C25H25N3O2. The van der Waals surface area contributed by atoms with Crippen molar-refractivity contribution < 1.29 is 4.79 Å². The van der Waals surface area contributed by atoms with E-state index < -0.39 is 5.91 Å². The summed E-state index contributed by atoms with van der Waals surface area (Å²) in [4.78, 5) is 27.9.